The molecule has 0 heteroatoms. The number of hydrogen-bond donors (Lipinski definition) is 0. The zero-order valence-corrected chi connectivity index (χ0v) is 7.70. The Morgan fingerprint density at radius 3 is 2.50 bits per heavy atom. The van der Waals surface area contributed by atoms with E-state index in [0.717, 1.165) is 11.1 Å². The smallest absolute Gasteiger partial charge is 0.0327 e. The Bertz CT molecular complexity index is 461. The highest BCUT2D eigenvalue weighted by Gasteiger charge is 1.96. The molecule has 2 aromatic carbocycles. The summed E-state index contributed by atoms with van der Waals surface area (Å²) in [6, 6.07) is 19.0. The lowest BCUT2D eigenvalue weighted by molar-refractivity contribution is 1.58. The van der Waals surface area contributed by atoms with Crippen molar-refractivity contribution in [2.75, 3.05) is 0 Å². The van der Waals surface area contributed by atoms with Gasteiger partial charge in [0.2, 0.25) is 0 Å². The van der Waals surface area contributed by atoms with Gasteiger partial charge in [0.15, 0.2) is 0 Å². The van der Waals surface area contributed by atoms with E-state index in [2.05, 4.69) is 24.1 Å². The van der Waals surface area contributed by atoms with E-state index in [1.54, 1.807) is 0 Å². The van der Waals surface area contributed by atoms with Crippen molar-refractivity contribution in [2.45, 2.75) is 0 Å². The van der Waals surface area contributed by atoms with Crippen molar-refractivity contribution in [1.82, 2.24) is 0 Å². The third-order valence-corrected chi connectivity index (χ3v) is 2.06. The highest BCUT2D eigenvalue weighted by molar-refractivity contribution is 5.64. The Balaban J connectivity index is 2.49. The van der Waals surface area contributed by atoms with Gasteiger partial charge in [-0.3, -0.25) is 0 Å². The van der Waals surface area contributed by atoms with Crippen molar-refractivity contribution in [3.8, 4) is 23.5 Å². The van der Waals surface area contributed by atoms with Crippen LogP contribution in [0.4, 0.5) is 0 Å². The van der Waals surface area contributed by atoms with E-state index in [4.69, 9.17) is 6.42 Å². The van der Waals surface area contributed by atoms with Crippen LogP contribution in [0.3, 0.4) is 0 Å². The van der Waals surface area contributed by atoms with Gasteiger partial charge in [-0.15, -0.1) is 6.42 Å². The molecule has 0 unspecified atom stereocenters. The maximum absolute atomic E-state index is 5.32. The summed E-state index contributed by atoms with van der Waals surface area (Å²) in [4.78, 5) is 0. The second-order valence-electron chi connectivity index (χ2n) is 3.00. The first kappa shape index (κ1) is 8.59. The standard InChI is InChI=1S/C14H9/c1-2-12-7-6-10-14(11-12)13-8-4-3-5-9-13/h1,3-6,8-11H. The van der Waals surface area contributed by atoms with Gasteiger partial charge >= 0.3 is 0 Å². The lowest BCUT2D eigenvalue weighted by atomic mass is 10.0. The molecular weight excluding hydrogens is 168 g/mol. The summed E-state index contributed by atoms with van der Waals surface area (Å²) in [5.41, 5.74) is 3.11. The molecule has 0 bridgehead atoms. The van der Waals surface area contributed by atoms with Crippen LogP contribution in [-0.2, 0) is 0 Å². The molecule has 65 valence electrons. The fourth-order valence-corrected chi connectivity index (χ4v) is 1.36. The lowest BCUT2D eigenvalue weighted by Gasteiger charge is -2.00. The van der Waals surface area contributed by atoms with Crippen molar-refractivity contribution < 1.29 is 0 Å². The van der Waals surface area contributed by atoms with Crippen molar-refractivity contribution in [3.63, 3.8) is 0 Å². The van der Waals surface area contributed by atoms with E-state index in [-0.39, 0.29) is 0 Å². The molecule has 1 radical (unpaired) electrons. The molecule has 0 aliphatic rings. The molecule has 0 aliphatic heterocycles. The molecule has 0 aromatic heterocycles. The molecule has 0 spiro atoms. The van der Waals surface area contributed by atoms with E-state index in [9.17, 15) is 0 Å². The average Bonchev–Trinajstić information content (AvgIpc) is 2.30. The zero-order valence-electron chi connectivity index (χ0n) is 7.70. The molecule has 0 aliphatic carbocycles. The molecule has 0 atom stereocenters. The summed E-state index contributed by atoms with van der Waals surface area (Å²) in [6.07, 6.45) is 5.32. The molecule has 0 fully saturated rings. The predicted octanol–water partition coefficient (Wildman–Crippen LogP) is 3.14. The van der Waals surface area contributed by atoms with Crippen molar-refractivity contribution >= 4 is 0 Å². The molecule has 2 aromatic rings. The van der Waals surface area contributed by atoms with Crippen LogP contribution in [0.15, 0.2) is 48.5 Å². The SMILES string of the molecule is C#Cc1[c]ccc(-c2ccccc2)c1. The molecule has 0 amide bonds. The fourth-order valence-electron chi connectivity index (χ4n) is 1.36. The average molecular weight is 177 g/mol. The maximum atomic E-state index is 5.32. The Hall–Kier alpha value is -2.00. The summed E-state index contributed by atoms with van der Waals surface area (Å²) in [6.45, 7) is 0. The van der Waals surface area contributed by atoms with Gasteiger partial charge in [-0.2, -0.15) is 0 Å². The topological polar surface area (TPSA) is 0 Å². The normalized spacial score (nSPS) is 9.36. The van der Waals surface area contributed by atoms with Gasteiger partial charge in [0, 0.05) is 5.56 Å². The van der Waals surface area contributed by atoms with Crippen LogP contribution < -0.4 is 0 Å². The van der Waals surface area contributed by atoms with Crippen LogP contribution in [0.1, 0.15) is 5.56 Å². The van der Waals surface area contributed by atoms with Gasteiger partial charge < -0.3 is 0 Å². The molecule has 0 nitrogen and oxygen atoms in total. The first-order valence-electron chi connectivity index (χ1n) is 4.44. The summed E-state index contributed by atoms with van der Waals surface area (Å²) >= 11 is 0. The minimum atomic E-state index is 0.798. The van der Waals surface area contributed by atoms with Gasteiger partial charge in [0.25, 0.3) is 0 Å². The molecule has 0 N–H and O–H groups in total. The molecule has 14 heavy (non-hydrogen) atoms. The minimum absolute atomic E-state index is 0.798. The summed E-state index contributed by atoms with van der Waals surface area (Å²) in [5, 5.41) is 0. The van der Waals surface area contributed by atoms with E-state index in [1.807, 2.05) is 36.4 Å². The quantitative estimate of drug-likeness (QED) is 0.587. The van der Waals surface area contributed by atoms with Gasteiger partial charge in [-0.05, 0) is 23.3 Å². The van der Waals surface area contributed by atoms with Crippen LogP contribution in [0.2, 0.25) is 0 Å². The summed E-state index contributed by atoms with van der Waals surface area (Å²) < 4.78 is 0. The fraction of sp³-hybridized carbons (Fsp3) is 0. The largest absolute Gasteiger partial charge is 0.115 e. The molecular formula is C14H9. The first-order valence-corrected chi connectivity index (χ1v) is 4.44. The van der Waals surface area contributed by atoms with Crippen LogP contribution in [0, 0.1) is 18.4 Å². The number of benzene rings is 2. The van der Waals surface area contributed by atoms with Crippen LogP contribution in [-0.4, -0.2) is 0 Å². The van der Waals surface area contributed by atoms with Crippen LogP contribution in [0.25, 0.3) is 11.1 Å². The van der Waals surface area contributed by atoms with Crippen LogP contribution in [0.5, 0.6) is 0 Å². The third-order valence-electron chi connectivity index (χ3n) is 2.06. The van der Waals surface area contributed by atoms with E-state index < -0.39 is 0 Å². The highest BCUT2D eigenvalue weighted by atomic mass is 14.0. The Morgan fingerprint density at radius 1 is 1.00 bits per heavy atom. The Labute approximate surface area is 84.2 Å². The lowest BCUT2D eigenvalue weighted by Crippen LogP contribution is -1.79. The summed E-state index contributed by atoms with van der Waals surface area (Å²) in [5.74, 6) is 2.58. The summed E-state index contributed by atoms with van der Waals surface area (Å²) in [7, 11) is 0. The Morgan fingerprint density at radius 2 is 1.79 bits per heavy atom. The zero-order chi connectivity index (χ0) is 9.80. The Kier molecular flexibility index (Phi) is 2.34. The van der Waals surface area contributed by atoms with E-state index in [0.29, 0.717) is 0 Å². The number of terminal acetylenes is 1. The van der Waals surface area contributed by atoms with E-state index >= 15 is 0 Å². The molecule has 0 heterocycles. The number of rotatable bonds is 1. The monoisotopic (exact) mass is 177 g/mol. The predicted molar refractivity (Wildman–Crippen MR) is 58.6 cm³/mol. The third kappa shape index (κ3) is 1.67. The van der Waals surface area contributed by atoms with Crippen molar-refractivity contribution in [3.05, 3.63) is 60.2 Å². The van der Waals surface area contributed by atoms with Gasteiger partial charge in [0.05, 0.1) is 0 Å². The minimum Gasteiger partial charge on any atom is -0.115 e. The second kappa shape index (κ2) is 3.81. The molecule has 0 saturated carbocycles. The van der Waals surface area contributed by atoms with Gasteiger partial charge in [-0.1, -0.05) is 48.4 Å². The highest BCUT2D eigenvalue weighted by Crippen LogP contribution is 2.19. The van der Waals surface area contributed by atoms with Crippen molar-refractivity contribution in [2.24, 2.45) is 0 Å². The van der Waals surface area contributed by atoms with Gasteiger partial charge in [0.1, 0.15) is 0 Å². The first-order chi connectivity index (χ1) is 6.90. The maximum Gasteiger partial charge on any atom is 0.0327 e. The number of hydrogen-bond acceptors (Lipinski definition) is 0. The molecule has 2 rings (SSSR count). The van der Waals surface area contributed by atoms with E-state index in [1.165, 1.54) is 5.56 Å². The second-order valence-corrected chi connectivity index (χ2v) is 3.00. The molecule has 0 saturated heterocycles. The van der Waals surface area contributed by atoms with Gasteiger partial charge in [-0.25, -0.2) is 0 Å². The van der Waals surface area contributed by atoms with Crippen LogP contribution >= 0.6 is 0 Å². The van der Waals surface area contributed by atoms with Crippen molar-refractivity contribution in [1.29, 1.82) is 0 Å².